The molecule has 13 nitrogen and oxygen atoms in total. The minimum atomic E-state index is -1.26. The Labute approximate surface area is 263 Å². The summed E-state index contributed by atoms with van der Waals surface area (Å²) >= 11 is 1.46. The van der Waals surface area contributed by atoms with E-state index in [4.69, 9.17) is 5.73 Å². The first-order valence-electron chi connectivity index (χ1n) is 14.3. The number of aliphatic carboxylic acids is 1. The van der Waals surface area contributed by atoms with E-state index in [1.807, 2.05) is 30.5 Å². The molecule has 0 radical (unpaired) electrons. The fourth-order valence-corrected chi connectivity index (χ4v) is 5.32. The van der Waals surface area contributed by atoms with E-state index in [1.165, 1.54) is 36.4 Å². The van der Waals surface area contributed by atoms with Crippen molar-refractivity contribution in [3.8, 4) is 5.75 Å². The lowest BCUT2D eigenvalue weighted by Crippen LogP contribution is -2.58. The van der Waals surface area contributed by atoms with Crippen molar-refractivity contribution in [2.75, 3.05) is 12.0 Å². The number of aromatic amines is 2. The van der Waals surface area contributed by atoms with Crippen molar-refractivity contribution < 1.29 is 29.4 Å². The molecule has 0 fully saturated rings. The van der Waals surface area contributed by atoms with E-state index in [0.29, 0.717) is 17.0 Å². The summed E-state index contributed by atoms with van der Waals surface area (Å²) in [5, 5.41) is 28.3. The predicted octanol–water partition coefficient (Wildman–Crippen LogP) is 1.24. The Balaban J connectivity index is 1.49. The molecule has 0 aliphatic carbocycles. The number of hydrogen-bond acceptors (Lipinski definition) is 8. The monoisotopic (exact) mass is 635 g/mol. The Kier molecular flexibility index (Phi) is 11.6. The summed E-state index contributed by atoms with van der Waals surface area (Å²) in [6, 6.07) is 9.38. The number of carboxylic acids is 1. The maximum Gasteiger partial charge on any atom is 0.326 e. The number of nitrogens with zero attached hydrogens (tertiary/aromatic N) is 1. The number of carbonyl (C=O) groups excluding carboxylic acids is 3. The number of fused-ring (bicyclic) bond motifs is 1. The highest BCUT2D eigenvalue weighted by atomic mass is 32.2. The highest BCUT2D eigenvalue weighted by Crippen LogP contribution is 2.19. The van der Waals surface area contributed by atoms with Crippen molar-refractivity contribution in [3.05, 3.63) is 84.1 Å². The first-order chi connectivity index (χ1) is 21.6. The number of rotatable bonds is 16. The van der Waals surface area contributed by atoms with Gasteiger partial charge in [0.2, 0.25) is 17.7 Å². The predicted molar refractivity (Wildman–Crippen MR) is 171 cm³/mol. The van der Waals surface area contributed by atoms with Gasteiger partial charge in [0.1, 0.15) is 23.9 Å². The van der Waals surface area contributed by atoms with Crippen molar-refractivity contribution in [1.29, 1.82) is 0 Å². The van der Waals surface area contributed by atoms with Crippen LogP contribution in [0.25, 0.3) is 10.9 Å². The van der Waals surface area contributed by atoms with Crippen LogP contribution in [-0.4, -0.2) is 85.0 Å². The highest BCUT2D eigenvalue weighted by Gasteiger charge is 2.31. The Hall–Kier alpha value is -4.82. The van der Waals surface area contributed by atoms with Gasteiger partial charge in [-0.05, 0) is 54.2 Å². The minimum absolute atomic E-state index is 0.0296. The van der Waals surface area contributed by atoms with Gasteiger partial charge in [-0.3, -0.25) is 14.4 Å². The Morgan fingerprint density at radius 3 is 2.27 bits per heavy atom. The molecule has 2 aromatic heterocycles. The van der Waals surface area contributed by atoms with Gasteiger partial charge in [-0.15, -0.1) is 0 Å². The van der Waals surface area contributed by atoms with Crippen molar-refractivity contribution in [2.24, 2.45) is 5.73 Å². The molecule has 0 saturated carbocycles. The van der Waals surface area contributed by atoms with E-state index in [-0.39, 0.29) is 31.4 Å². The third kappa shape index (κ3) is 9.33. The first-order valence-corrected chi connectivity index (χ1v) is 15.7. The number of thioether (sulfide) groups is 1. The summed E-state index contributed by atoms with van der Waals surface area (Å²) in [5.41, 5.74) is 9.23. The lowest BCUT2D eigenvalue weighted by Gasteiger charge is -2.25. The summed E-state index contributed by atoms with van der Waals surface area (Å²) < 4.78 is 0. The maximum absolute atomic E-state index is 13.7. The van der Waals surface area contributed by atoms with Crippen LogP contribution in [0.4, 0.5) is 0 Å². The van der Waals surface area contributed by atoms with Crippen molar-refractivity contribution in [1.82, 2.24) is 30.9 Å². The van der Waals surface area contributed by atoms with Gasteiger partial charge in [0, 0.05) is 41.8 Å². The van der Waals surface area contributed by atoms with E-state index < -0.39 is 47.9 Å². The van der Waals surface area contributed by atoms with Crippen LogP contribution in [0, 0.1) is 0 Å². The molecule has 9 N–H and O–H groups in total. The van der Waals surface area contributed by atoms with Crippen LogP contribution in [0.1, 0.15) is 23.2 Å². The molecule has 0 saturated heterocycles. The van der Waals surface area contributed by atoms with Crippen LogP contribution in [-0.2, 0) is 38.4 Å². The zero-order valence-corrected chi connectivity index (χ0v) is 25.5. The molecule has 2 aromatic carbocycles. The number of carboxylic acid groups (broad SMARTS) is 1. The molecule has 4 atom stereocenters. The van der Waals surface area contributed by atoms with Gasteiger partial charge in [0.25, 0.3) is 0 Å². The van der Waals surface area contributed by atoms with Crippen LogP contribution < -0.4 is 21.7 Å². The SMILES string of the molecule is CSCCC(NC(=O)C(Cc1ccc(O)cc1)NC(=O)C(N)Cc1c[nH]c2ccccc12)C(=O)NC(Cc1cnc[nH]1)C(=O)O. The molecule has 4 rings (SSSR count). The van der Waals surface area contributed by atoms with Crippen LogP contribution >= 0.6 is 11.8 Å². The molecule has 0 aliphatic rings. The number of H-pyrrole nitrogens is 2. The van der Waals surface area contributed by atoms with Crippen LogP contribution in [0.3, 0.4) is 0 Å². The van der Waals surface area contributed by atoms with Gasteiger partial charge in [-0.1, -0.05) is 30.3 Å². The van der Waals surface area contributed by atoms with E-state index in [1.54, 1.807) is 18.3 Å². The second kappa shape index (κ2) is 15.8. The lowest BCUT2D eigenvalue weighted by molar-refractivity contribution is -0.142. The molecule has 3 amide bonds. The fraction of sp³-hybridized carbons (Fsp3) is 0.323. The number of benzene rings is 2. The average molecular weight is 636 g/mol. The smallest absolute Gasteiger partial charge is 0.326 e. The van der Waals surface area contributed by atoms with Gasteiger partial charge in [0.05, 0.1) is 12.4 Å². The molecular formula is C31H37N7O6S. The quantitative estimate of drug-likeness (QED) is 0.0888. The zero-order chi connectivity index (χ0) is 32.3. The molecule has 0 bridgehead atoms. The number of carbonyl (C=O) groups is 4. The number of amides is 3. The number of hydrogen-bond donors (Lipinski definition) is 8. The third-order valence-corrected chi connectivity index (χ3v) is 7.94. The van der Waals surface area contributed by atoms with E-state index in [2.05, 4.69) is 30.9 Å². The summed E-state index contributed by atoms with van der Waals surface area (Å²) in [6.07, 6.45) is 6.97. The molecule has 4 unspecified atom stereocenters. The zero-order valence-electron chi connectivity index (χ0n) is 24.7. The number of nitrogens with one attached hydrogen (secondary N) is 5. The number of nitrogens with two attached hydrogens (primary N) is 1. The van der Waals surface area contributed by atoms with Gasteiger partial charge in [-0.25, -0.2) is 9.78 Å². The van der Waals surface area contributed by atoms with Gasteiger partial charge >= 0.3 is 5.97 Å². The normalized spacial score (nSPS) is 13.8. The number of aromatic hydroxyl groups is 1. The van der Waals surface area contributed by atoms with Crippen LogP contribution in [0.2, 0.25) is 0 Å². The second-order valence-electron chi connectivity index (χ2n) is 10.6. The first kappa shape index (κ1) is 33.1. The molecule has 0 aliphatic heterocycles. The van der Waals surface area contributed by atoms with E-state index in [0.717, 1.165) is 16.5 Å². The fourth-order valence-electron chi connectivity index (χ4n) is 4.85. The summed E-state index contributed by atoms with van der Waals surface area (Å²) in [4.78, 5) is 62.0. The maximum atomic E-state index is 13.7. The van der Waals surface area contributed by atoms with Gasteiger partial charge in [-0.2, -0.15) is 11.8 Å². The van der Waals surface area contributed by atoms with E-state index >= 15 is 0 Å². The van der Waals surface area contributed by atoms with Crippen molar-refractivity contribution >= 4 is 46.4 Å². The van der Waals surface area contributed by atoms with Gasteiger partial charge < -0.3 is 41.9 Å². The molecule has 4 aromatic rings. The topological polar surface area (TPSA) is 215 Å². The molecule has 14 heteroatoms. The Morgan fingerprint density at radius 2 is 1.58 bits per heavy atom. The summed E-state index contributed by atoms with van der Waals surface area (Å²) in [6.45, 7) is 0. The molecule has 0 spiro atoms. The number of aromatic nitrogens is 3. The number of para-hydroxylation sites is 1. The largest absolute Gasteiger partial charge is 0.508 e. The molecule has 45 heavy (non-hydrogen) atoms. The van der Waals surface area contributed by atoms with Crippen molar-refractivity contribution in [3.63, 3.8) is 0 Å². The minimum Gasteiger partial charge on any atom is -0.508 e. The Bertz CT molecular complexity index is 1590. The lowest BCUT2D eigenvalue weighted by atomic mass is 10.0. The van der Waals surface area contributed by atoms with E-state index in [9.17, 15) is 29.4 Å². The number of imidazole rings is 1. The average Bonchev–Trinajstić information content (AvgIpc) is 3.69. The summed E-state index contributed by atoms with van der Waals surface area (Å²) in [7, 11) is 0. The molecule has 2 heterocycles. The molecular weight excluding hydrogens is 598 g/mol. The standard InChI is InChI=1S/C31H37N7O6S/c1-45-11-10-25(29(41)38-27(31(43)44)14-20-16-33-17-35-20)36-30(42)26(12-18-6-8-21(39)9-7-18)37-28(40)23(32)13-19-15-34-24-5-3-2-4-22(19)24/h2-9,15-17,23,25-27,34,39H,10-14,32H2,1H3,(H,33,35)(H,36,42)(H,37,40)(H,38,41)(H,43,44). The number of phenols is 1. The van der Waals surface area contributed by atoms with Crippen LogP contribution in [0.5, 0.6) is 5.75 Å². The third-order valence-electron chi connectivity index (χ3n) is 7.30. The van der Waals surface area contributed by atoms with Crippen LogP contribution in [0.15, 0.2) is 67.3 Å². The molecule has 238 valence electrons. The summed E-state index contributed by atoms with van der Waals surface area (Å²) in [5.74, 6) is -2.57. The number of phenolic OH excluding ortho intramolecular Hbond substituents is 1. The van der Waals surface area contributed by atoms with Crippen molar-refractivity contribution in [2.45, 2.75) is 49.9 Å². The highest BCUT2D eigenvalue weighted by molar-refractivity contribution is 7.98. The van der Waals surface area contributed by atoms with Gasteiger partial charge in [0.15, 0.2) is 0 Å². The Morgan fingerprint density at radius 1 is 0.889 bits per heavy atom. The second-order valence-corrected chi connectivity index (χ2v) is 11.6.